The van der Waals surface area contributed by atoms with E-state index < -0.39 is 11.9 Å². The van der Waals surface area contributed by atoms with Crippen LogP contribution in [-0.2, 0) is 4.79 Å². The van der Waals surface area contributed by atoms with Gasteiger partial charge in [-0.3, -0.25) is 4.79 Å². The summed E-state index contributed by atoms with van der Waals surface area (Å²) >= 11 is 0. The summed E-state index contributed by atoms with van der Waals surface area (Å²) in [6, 6.07) is 8.13. The van der Waals surface area contributed by atoms with Gasteiger partial charge in [0, 0.05) is 42.0 Å². The number of amides is 1. The van der Waals surface area contributed by atoms with E-state index in [1.54, 1.807) is 25.3 Å². The van der Waals surface area contributed by atoms with Crippen LogP contribution < -0.4 is 26.0 Å². The number of nitrogens with two attached hydrogens (primary N) is 1. The van der Waals surface area contributed by atoms with Gasteiger partial charge in [-0.25, -0.2) is 14.4 Å². The summed E-state index contributed by atoms with van der Waals surface area (Å²) in [5.74, 6) is 1.09. The predicted molar refractivity (Wildman–Crippen MR) is 130 cm³/mol. The first kappa shape index (κ1) is 22.5. The highest BCUT2D eigenvalue weighted by molar-refractivity contribution is 5.96. The van der Waals surface area contributed by atoms with Crippen molar-refractivity contribution in [2.45, 2.75) is 19.4 Å². The Hall–Kier alpha value is -3.30. The van der Waals surface area contributed by atoms with Crippen molar-refractivity contribution < 1.29 is 13.9 Å². The minimum atomic E-state index is -0.624. The maximum absolute atomic E-state index is 14.7. The largest absolute Gasteiger partial charge is 0.494 e. The van der Waals surface area contributed by atoms with Gasteiger partial charge in [-0.05, 0) is 62.5 Å². The molecule has 4 heterocycles. The van der Waals surface area contributed by atoms with Crippen LogP contribution in [0.4, 0.5) is 15.9 Å². The topological polar surface area (TPSA) is 105 Å². The standard InChI is InChI=1S/C25H29FN6O2/c1-14(27)25(33)31-24-4-3-15(11-29-24)20-8-22(32-12-16-5-6-28-10-17(16)13-32)18-7-19(26)23(34-2)9-21(18)30-20/h3-4,7-9,11,14,16-17,28H,5-6,10,12-13,27H2,1-2H3,(H,29,31,33)/t14-,16?,17?/m1/s1. The van der Waals surface area contributed by atoms with Crippen molar-refractivity contribution in [2.24, 2.45) is 17.6 Å². The third kappa shape index (κ3) is 4.28. The van der Waals surface area contributed by atoms with Gasteiger partial charge in [-0.15, -0.1) is 0 Å². The molecule has 1 aromatic carbocycles. The quantitative estimate of drug-likeness (QED) is 0.533. The number of hydrogen-bond acceptors (Lipinski definition) is 7. The molecule has 0 aliphatic carbocycles. The first-order chi connectivity index (χ1) is 16.4. The summed E-state index contributed by atoms with van der Waals surface area (Å²) in [5.41, 5.74) is 8.76. The Kier molecular flexibility index (Phi) is 6.05. The number of halogens is 1. The molecule has 5 rings (SSSR count). The van der Waals surface area contributed by atoms with Gasteiger partial charge in [0.05, 0.1) is 24.4 Å². The fraction of sp³-hybridized carbons (Fsp3) is 0.400. The van der Waals surface area contributed by atoms with Gasteiger partial charge in [0.2, 0.25) is 5.91 Å². The van der Waals surface area contributed by atoms with Crippen molar-refractivity contribution in [1.29, 1.82) is 0 Å². The van der Waals surface area contributed by atoms with E-state index in [4.69, 9.17) is 15.5 Å². The number of nitrogens with one attached hydrogen (secondary N) is 2. The Balaban J connectivity index is 1.55. The molecular formula is C25H29FN6O2. The van der Waals surface area contributed by atoms with E-state index >= 15 is 0 Å². The lowest BCUT2D eigenvalue weighted by Crippen LogP contribution is -2.35. The lowest BCUT2D eigenvalue weighted by atomic mass is 9.90. The molecule has 3 aromatic rings. The Bertz CT molecular complexity index is 1200. The molecule has 2 aliphatic rings. The van der Waals surface area contributed by atoms with Crippen LogP contribution in [0.1, 0.15) is 13.3 Å². The van der Waals surface area contributed by atoms with Crippen LogP contribution in [0.2, 0.25) is 0 Å². The average Bonchev–Trinajstić information content (AvgIpc) is 3.27. The second-order valence-electron chi connectivity index (χ2n) is 9.16. The number of benzene rings is 1. The van der Waals surface area contributed by atoms with Gasteiger partial charge in [-0.2, -0.15) is 0 Å². The van der Waals surface area contributed by atoms with Gasteiger partial charge >= 0.3 is 0 Å². The number of rotatable bonds is 5. The molecule has 178 valence electrons. The van der Waals surface area contributed by atoms with Crippen molar-refractivity contribution in [3.63, 3.8) is 0 Å². The van der Waals surface area contributed by atoms with Crippen molar-refractivity contribution in [2.75, 3.05) is 43.5 Å². The number of carbonyl (C=O) groups excluding carboxylic acids is 1. The van der Waals surface area contributed by atoms with Crippen molar-refractivity contribution in [3.05, 3.63) is 42.3 Å². The van der Waals surface area contributed by atoms with Crippen LogP contribution in [0.3, 0.4) is 0 Å². The average molecular weight is 465 g/mol. The van der Waals surface area contributed by atoms with Crippen LogP contribution in [-0.4, -0.2) is 55.2 Å². The molecule has 34 heavy (non-hydrogen) atoms. The molecule has 4 N–H and O–H groups in total. The maximum atomic E-state index is 14.7. The van der Waals surface area contributed by atoms with E-state index in [1.807, 2.05) is 12.1 Å². The normalized spacial score (nSPS) is 20.8. The number of nitrogens with zero attached hydrogens (tertiary/aromatic N) is 3. The fourth-order valence-corrected chi connectivity index (χ4v) is 4.90. The molecule has 3 atom stereocenters. The Morgan fingerprint density at radius 2 is 2.12 bits per heavy atom. The monoisotopic (exact) mass is 464 g/mol. The molecule has 2 saturated heterocycles. The first-order valence-corrected chi connectivity index (χ1v) is 11.6. The summed E-state index contributed by atoms with van der Waals surface area (Å²) < 4.78 is 19.9. The Morgan fingerprint density at radius 1 is 1.29 bits per heavy atom. The van der Waals surface area contributed by atoms with Gasteiger partial charge in [0.15, 0.2) is 11.6 Å². The lowest BCUT2D eigenvalue weighted by Gasteiger charge is -2.23. The highest BCUT2D eigenvalue weighted by Crippen LogP contribution is 2.38. The van der Waals surface area contributed by atoms with Crippen LogP contribution >= 0.6 is 0 Å². The molecule has 8 nitrogen and oxygen atoms in total. The molecule has 1 amide bonds. The highest BCUT2D eigenvalue weighted by Gasteiger charge is 2.35. The van der Waals surface area contributed by atoms with Crippen molar-refractivity contribution in [1.82, 2.24) is 15.3 Å². The third-order valence-electron chi connectivity index (χ3n) is 6.80. The summed E-state index contributed by atoms with van der Waals surface area (Å²) in [7, 11) is 1.45. The van der Waals surface area contributed by atoms with Gasteiger partial charge in [-0.1, -0.05) is 0 Å². The molecular weight excluding hydrogens is 435 g/mol. The van der Waals surface area contributed by atoms with E-state index in [9.17, 15) is 9.18 Å². The second-order valence-corrected chi connectivity index (χ2v) is 9.16. The smallest absolute Gasteiger partial charge is 0.242 e. The van der Waals surface area contributed by atoms with E-state index in [0.717, 1.165) is 54.9 Å². The number of ether oxygens (including phenoxy) is 1. The number of methoxy groups -OCH3 is 1. The summed E-state index contributed by atoms with van der Waals surface area (Å²) in [6.45, 7) is 5.54. The fourth-order valence-electron chi connectivity index (χ4n) is 4.90. The highest BCUT2D eigenvalue weighted by atomic mass is 19.1. The first-order valence-electron chi connectivity index (χ1n) is 11.6. The molecule has 2 aliphatic heterocycles. The number of pyridine rings is 2. The second kappa shape index (κ2) is 9.15. The predicted octanol–water partition coefficient (Wildman–Crippen LogP) is 2.78. The number of hydrogen-bond donors (Lipinski definition) is 3. The minimum Gasteiger partial charge on any atom is -0.494 e. The van der Waals surface area contributed by atoms with Crippen molar-refractivity contribution in [3.8, 4) is 17.0 Å². The molecule has 0 radical (unpaired) electrons. The number of fused-ring (bicyclic) bond motifs is 2. The lowest BCUT2D eigenvalue weighted by molar-refractivity contribution is -0.117. The zero-order chi connectivity index (χ0) is 23.8. The van der Waals surface area contributed by atoms with Crippen LogP contribution in [0.25, 0.3) is 22.2 Å². The molecule has 0 spiro atoms. The molecule has 2 aromatic heterocycles. The van der Waals surface area contributed by atoms with Crippen molar-refractivity contribution >= 4 is 28.3 Å². The van der Waals surface area contributed by atoms with Gasteiger partial charge in [0.1, 0.15) is 5.82 Å². The molecule has 0 saturated carbocycles. The number of anilines is 2. The van der Waals surface area contributed by atoms with E-state index in [0.29, 0.717) is 23.2 Å². The third-order valence-corrected chi connectivity index (χ3v) is 6.80. The van der Waals surface area contributed by atoms with Gasteiger partial charge in [0.25, 0.3) is 0 Å². The van der Waals surface area contributed by atoms with Crippen LogP contribution in [0.5, 0.6) is 5.75 Å². The Morgan fingerprint density at radius 3 is 2.82 bits per heavy atom. The number of aromatic nitrogens is 2. The number of carbonyl (C=O) groups is 1. The molecule has 2 fully saturated rings. The molecule has 2 unspecified atom stereocenters. The summed E-state index contributed by atoms with van der Waals surface area (Å²) in [5, 5.41) is 6.94. The van der Waals surface area contributed by atoms with E-state index in [-0.39, 0.29) is 11.7 Å². The molecule has 9 heteroatoms. The summed E-state index contributed by atoms with van der Waals surface area (Å²) in [6.07, 6.45) is 2.82. The minimum absolute atomic E-state index is 0.162. The van der Waals surface area contributed by atoms with E-state index in [1.165, 1.54) is 13.2 Å². The van der Waals surface area contributed by atoms with Crippen LogP contribution in [0, 0.1) is 17.7 Å². The zero-order valence-electron chi connectivity index (χ0n) is 19.3. The number of piperidine rings is 1. The summed E-state index contributed by atoms with van der Waals surface area (Å²) in [4.78, 5) is 23.4. The molecule has 0 bridgehead atoms. The Labute approximate surface area is 197 Å². The van der Waals surface area contributed by atoms with Gasteiger partial charge < -0.3 is 26.0 Å². The van der Waals surface area contributed by atoms with E-state index in [2.05, 4.69) is 20.5 Å². The maximum Gasteiger partial charge on any atom is 0.242 e. The SMILES string of the molecule is COc1cc2nc(-c3ccc(NC(=O)[C@@H](C)N)nc3)cc(N3CC4CCNCC4C3)c2cc1F. The van der Waals surface area contributed by atoms with Crippen LogP contribution in [0.15, 0.2) is 36.5 Å². The zero-order valence-corrected chi connectivity index (χ0v) is 19.3.